The predicted molar refractivity (Wildman–Crippen MR) is 221 cm³/mol. The first-order chi connectivity index (χ1) is 27.9. The van der Waals surface area contributed by atoms with E-state index in [1.165, 1.54) is 25.7 Å². The molecular weight excluding hydrogens is 748 g/mol. The second-order valence-electron chi connectivity index (χ2n) is 14.3. The maximum atomic E-state index is 11.9. The number of hydrogen-bond acceptors (Lipinski definition) is 12. The lowest BCUT2D eigenvalue weighted by molar-refractivity contribution is -0.134. The van der Waals surface area contributed by atoms with Gasteiger partial charge in [-0.3, -0.25) is 9.59 Å². The number of Topliss-reactive ketones (excluding diaryl/α,β-unsaturated/α-hetero) is 2. The lowest BCUT2D eigenvalue weighted by Gasteiger charge is -2.20. The van der Waals surface area contributed by atoms with Gasteiger partial charge in [0.15, 0.2) is 11.6 Å². The van der Waals surface area contributed by atoms with E-state index in [1.54, 1.807) is 12.1 Å². The Morgan fingerprint density at radius 1 is 0.621 bits per heavy atom. The molecule has 0 spiro atoms. The average Bonchev–Trinajstić information content (AvgIpc) is 3.94. The van der Waals surface area contributed by atoms with Crippen molar-refractivity contribution in [2.75, 3.05) is 65.7 Å². The lowest BCUT2D eigenvalue weighted by Crippen LogP contribution is -2.33. The first kappa shape index (κ1) is 50.0. The minimum absolute atomic E-state index is 0.109. The second-order valence-corrected chi connectivity index (χ2v) is 14.3. The molecule has 2 atom stereocenters. The smallest absolute Gasteiger partial charge is 0.328 e. The third kappa shape index (κ3) is 20.5. The Morgan fingerprint density at radius 2 is 0.983 bits per heavy atom. The van der Waals surface area contributed by atoms with Crippen molar-refractivity contribution in [1.29, 1.82) is 0 Å². The molecule has 4 N–H and O–H groups in total. The highest BCUT2D eigenvalue weighted by Gasteiger charge is 2.19. The number of ether oxygens (including phenoxy) is 4. The van der Waals surface area contributed by atoms with Crippen LogP contribution in [0.2, 0.25) is 0 Å². The van der Waals surface area contributed by atoms with Crippen molar-refractivity contribution >= 4 is 23.5 Å². The Balaban J connectivity index is 0.000000337. The standard InChI is InChI=1S/2C20H31NO4.C4H4O4/c2*1-3-11-24-14-17-12-16(19(23)4-2)7-8-20(17)25-15-18(22)13-21-9-5-6-10-21;5-3(6)1-2-4(7)8/h2*7-8,12,18,22H,3-6,9-11,13-15H2,1-2H3;1-2H,(H,5,6)(H,7,8)/b;;2-1+. The molecule has 2 aliphatic rings. The van der Waals surface area contributed by atoms with E-state index in [2.05, 4.69) is 23.6 Å². The SMILES string of the molecule is CCCOCc1cc(C(=O)CC)ccc1OCC(O)CN1CCCC1.CCCOCc1cc(C(=O)CC)ccc1OCC(O)CN1CCCC1.O=C(O)/C=C/C(=O)O. The van der Waals surface area contributed by atoms with Crippen LogP contribution in [0.25, 0.3) is 0 Å². The number of nitrogens with zero attached hydrogens (tertiary/aromatic N) is 2. The fraction of sp³-hybridized carbons (Fsp3) is 0.591. The van der Waals surface area contributed by atoms with Crippen LogP contribution in [0.3, 0.4) is 0 Å². The molecule has 2 aromatic carbocycles. The van der Waals surface area contributed by atoms with Gasteiger partial charge in [0.2, 0.25) is 0 Å². The molecule has 0 aliphatic carbocycles. The molecule has 0 amide bonds. The van der Waals surface area contributed by atoms with Crippen LogP contribution in [0.15, 0.2) is 48.6 Å². The molecule has 0 radical (unpaired) electrons. The van der Waals surface area contributed by atoms with Gasteiger partial charge in [-0.1, -0.05) is 27.7 Å². The molecule has 2 aromatic rings. The van der Waals surface area contributed by atoms with Gasteiger partial charge in [0, 0.05) is 73.6 Å². The van der Waals surface area contributed by atoms with Gasteiger partial charge in [0.25, 0.3) is 0 Å². The average molecular weight is 815 g/mol. The zero-order valence-electron chi connectivity index (χ0n) is 34.9. The molecule has 14 nitrogen and oxygen atoms in total. The van der Waals surface area contributed by atoms with Crippen molar-refractivity contribution < 1.29 is 58.6 Å². The summed E-state index contributed by atoms with van der Waals surface area (Å²) in [6, 6.07) is 10.9. The van der Waals surface area contributed by atoms with Crippen LogP contribution < -0.4 is 9.47 Å². The lowest BCUT2D eigenvalue weighted by atomic mass is 10.1. The number of benzene rings is 2. The molecule has 2 aliphatic heterocycles. The van der Waals surface area contributed by atoms with E-state index in [0.717, 1.165) is 50.1 Å². The zero-order chi connectivity index (χ0) is 42.7. The summed E-state index contributed by atoms with van der Waals surface area (Å²) in [6.45, 7) is 16.0. The maximum Gasteiger partial charge on any atom is 0.328 e. The number of carboxylic acids is 2. The molecule has 0 bridgehead atoms. The summed E-state index contributed by atoms with van der Waals surface area (Å²) in [5.74, 6) is -0.928. The van der Waals surface area contributed by atoms with Gasteiger partial charge < -0.3 is 49.2 Å². The summed E-state index contributed by atoms with van der Waals surface area (Å²) in [6.07, 6.45) is 7.76. The molecule has 324 valence electrons. The zero-order valence-corrected chi connectivity index (χ0v) is 34.9. The summed E-state index contributed by atoms with van der Waals surface area (Å²) in [5.41, 5.74) is 3.09. The van der Waals surface area contributed by atoms with Crippen LogP contribution in [0.4, 0.5) is 0 Å². The van der Waals surface area contributed by atoms with Gasteiger partial charge in [0.05, 0.1) is 13.2 Å². The maximum absolute atomic E-state index is 11.9. The molecule has 0 saturated carbocycles. The van der Waals surface area contributed by atoms with E-state index in [1.807, 2.05) is 38.1 Å². The number of carbonyl (C=O) groups excluding carboxylic acids is 2. The van der Waals surface area contributed by atoms with E-state index in [-0.39, 0.29) is 24.8 Å². The fourth-order valence-corrected chi connectivity index (χ4v) is 6.22. The van der Waals surface area contributed by atoms with Gasteiger partial charge in [-0.05, 0) is 101 Å². The Kier molecular flexibility index (Phi) is 25.1. The quantitative estimate of drug-likeness (QED) is 0.0565. The van der Waals surface area contributed by atoms with E-state index in [4.69, 9.17) is 29.2 Å². The molecule has 2 heterocycles. The van der Waals surface area contributed by atoms with E-state index in [9.17, 15) is 29.4 Å². The van der Waals surface area contributed by atoms with Gasteiger partial charge in [-0.15, -0.1) is 0 Å². The Bertz CT molecular complexity index is 1440. The predicted octanol–water partition coefficient (Wildman–Crippen LogP) is 5.79. The van der Waals surface area contributed by atoms with Crippen LogP contribution in [-0.2, 0) is 32.3 Å². The summed E-state index contributed by atoms with van der Waals surface area (Å²) in [4.78, 5) is 47.5. The Hall–Kier alpha value is -4.18. The van der Waals surface area contributed by atoms with Gasteiger partial charge in [-0.25, -0.2) is 9.59 Å². The van der Waals surface area contributed by atoms with Crippen LogP contribution in [-0.4, -0.2) is 132 Å². The number of likely N-dealkylation sites (tertiary alicyclic amines) is 2. The number of β-amino-alcohol motifs (C(OH)–C–C–N with tert-alkyl or cyclic N) is 2. The summed E-state index contributed by atoms with van der Waals surface area (Å²) >= 11 is 0. The van der Waals surface area contributed by atoms with Gasteiger partial charge in [-0.2, -0.15) is 0 Å². The van der Waals surface area contributed by atoms with Crippen molar-refractivity contribution in [3.05, 3.63) is 70.8 Å². The molecule has 14 heteroatoms. The summed E-state index contributed by atoms with van der Waals surface area (Å²) in [7, 11) is 0. The topological polar surface area (TPSA) is 193 Å². The van der Waals surface area contributed by atoms with E-state index < -0.39 is 24.1 Å². The first-order valence-electron chi connectivity index (χ1n) is 20.6. The largest absolute Gasteiger partial charge is 0.490 e. The first-order valence-corrected chi connectivity index (χ1v) is 20.6. The highest BCUT2D eigenvalue weighted by molar-refractivity contribution is 5.96. The number of carbonyl (C=O) groups is 4. The molecule has 2 fully saturated rings. The van der Waals surface area contributed by atoms with E-state index in [0.29, 0.717) is 87.1 Å². The third-order valence-corrected chi connectivity index (χ3v) is 9.19. The van der Waals surface area contributed by atoms with Crippen LogP contribution in [0, 0.1) is 0 Å². The Morgan fingerprint density at radius 3 is 1.29 bits per heavy atom. The van der Waals surface area contributed by atoms with Crippen molar-refractivity contribution in [2.45, 2.75) is 104 Å². The number of ketones is 2. The molecular formula is C44H66N2O12. The van der Waals surface area contributed by atoms with Crippen molar-refractivity contribution in [1.82, 2.24) is 9.80 Å². The normalized spacial score (nSPS) is 15.2. The number of rotatable bonds is 24. The third-order valence-electron chi connectivity index (χ3n) is 9.19. The highest BCUT2D eigenvalue weighted by atomic mass is 16.5. The number of aliphatic hydroxyl groups excluding tert-OH is 2. The highest BCUT2D eigenvalue weighted by Crippen LogP contribution is 2.24. The second kappa shape index (κ2) is 29.1. The molecule has 0 aromatic heterocycles. The van der Waals surface area contributed by atoms with Gasteiger partial charge >= 0.3 is 11.9 Å². The minimum atomic E-state index is -1.26. The number of hydrogen-bond donors (Lipinski definition) is 4. The van der Waals surface area contributed by atoms with Crippen LogP contribution in [0.1, 0.15) is 111 Å². The van der Waals surface area contributed by atoms with E-state index >= 15 is 0 Å². The molecule has 58 heavy (non-hydrogen) atoms. The summed E-state index contributed by atoms with van der Waals surface area (Å²) < 4.78 is 22.9. The Labute approximate surface area is 343 Å². The van der Waals surface area contributed by atoms with Crippen molar-refractivity contribution in [2.24, 2.45) is 0 Å². The number of carboxylic acid groups (broad SMARTS) is 2. The van der Waals surface area contributed by atoms with Crippen molar-refractivity contribution in [3.63, 3.8) is 0 Å². The minimum Gasteiger partial charge on any atom is -0.490 e. The van der Waals surface area contributed by atoms with Crippen LogP contribution >= 0.6 is 0 Å². The molecule has 4 rings (SSSR count). The number of aliphatic hydroxyl groups is 2. The number of aliphatic carboxylic acids is 2. The van der Waals surface area contributed by atoms with Gasteiger partial charge in [0.1, 0.15) is 36.9 Å². The summed E-state index contributed by atoms with van der Waals surface area (Å²) in [5, 5.41) is 36.0. The van der Waals surface area contributed by atoms with Crippen LogP contribution in [0.5, 0.6) is 11.5 Å². The molecule has 2 unspecified atom stereocenters. The monoisotopic (exact) mass is 814 g/mol. The molecule has 2 saturated heterocycles. The fourth-order valence-electron chi connectivity index (χ4n) is 6.22. The van der Waals surface area contributed by atoms with Crippen molar-refractivity contribution in [3.8, 4) is 11.5 Å².